The highest BCUT2D eigenvalue weighted by Gasteiger charge is 2.17. The summed E-state index contributed by atoms with van der Waals surface area (Å²) in [5, 5.41) is 5.06. The fourth-order valence-corrected chi connectivity index (χ4v) is 2.79. The molecule has 0 spiro atoms. The molecule has 1 aromatic heterocycles. The fraction of sp³-hybridized carbons (Fsp3) is 0.235. The van der Waals surface area contributed by atoms with Gasteiger partial charge in [0.1, 0.15) is 5.75 Å². The molecule has 1 heterocycles. The van der Waals surface area contributed by atoms with Crippen molar-refractivity contribution in [3.05, 3.63) is 42.6 Å². The molecule has 24 heavy (non-hydrogen) atoms. The number of pyridine rings is 1. The molecule has 6 nitrogen and oxygen atoms in total. The molecule has 1 unspecified atom stereocenters. The average Bonchev–Trinajstić information content (AvgIpc) is 2.56. The van der Waals surface area contributed by atoms with Gasteiger partial charge in [-0.1, -0.05) is 0 Å². The normalized spacial score (nSPS) is 11.5. The summed E-state index contributed by atoms with van der Waals surface area (Å²) in [5.74, 6) is 0.685. The van der Waals surface area contributed by atoms with Crippen LogP contribution in [0.3, 0.4) is 0 Å². The summed E-state index contributed by atoms with van der Waals surface area (Å²) in [6.07, 6.45) is 1.56. The van der Waals surface area contributed by atoms with E-state index < -0.39 is 0 Å². The number of nitrogens with one attached hydrogen (secondary N) is 2. The standard InChI is InChI=1S/C17H19N3O3S/c1-11(24-14-8-6-13(23-3)7-9-14)17(22)20-16-15(19-12(2)21)5-4-10-18-16/h4-11H,1-3H3,(H,19,21)(H,18,20,22). The van der Waals surface area contributed by atoms with Gasteiger partial charge in [-0.15, -0.1) is 11.8 Å². The number of anilines is 2. The third-order valence-electron chi connectivity index (χ3n) is 3.10. The maximum atomic E-state index is 12.4. The lowest BCUT2D eigenvalue weighted by molar-refractivity contribution is -0.116. The molecule has 126 valence electrons. The second-order valence-corrected chi connectivity index (χ2v) is 6.42. The van der Waals surface area contributed by atoms with Gasteiger partial charge >= 0.3 is 0 Å². The highest BCUT2D eigenvalue weighted by Crippen LogP contribution is 2.27. The van der Waals surface area contributed by atoms with Gasteiger partial charge in [-0.2, -0.15) is 0 Å². The van der Waals surface area contributed by atoms with E-state index in [2.05, 4.69) is 15.6 Å². The van der Waals surface area contributed by atoms with Crippen LogP contribution in [-0.4, -0.2) is 29.2 Å². The molecule has 2 rings (SSSR count). The molecule has 0 radical (unpaired) electrons. The number of ether oxygens (including phenoxy) is 1. The van der Waals surface area contributed by atoms with Gasteiger partial charge in [0.05, 0.1) is 18.0 Å². The van der Waals surface area contributed by atoms with Crippen molar-refractivity contribution in [3.8, 4) is 5.75 Å². The Morgan fingerprint density at radius 3 is 2.50 bits per heavy atom. The van der Waals surface area contributed by atoms with E-state index in [-0.39, 0.29) is 17.1 Å². The number of hydrogen-bond donors (Lipinski definition) is 2. The Hall–Kier alpha value is -2.54. The lowest BCUT2D eigenvalue weighted by Gasteiger charge is -2.14. The van der Waals surface area contributed by atoms with Gasteiger partial charge in [-0.05, 0) is 43.3 Å². The maximum absolute atomic E-state index is 12.4. The SMILES string of the molecule is COc1ccc(SC(C)C(=O)Nc2ncccc2NC(C)=O)cc1. The van der Waals surface area contributed by atoms with Gasteiger partial charge < -0.3 is 15.4 Å². The van der Waals surface area contributed by atoms with E-state index in [0.29, 0.717) is 11.5 Å². The smallest absolute Gasteiger partial charge is 0.238 e. The summed E-state index contributed by atoms with van der Waals surface area (Å²) in [6, 6.07) is 10.9. The summed E-state index contributed by atoms with van der Waals surface area (Å²) in [7, 11) is 1.61. The number of nitrogens with zero attached hydrogens (tertiary/aromatic N) is 1. The summed E-state index contributed by atoms with van der Waals surface area (Å²) in [4.78, 5) is 28.7. The molecule has 2 N–H and O–H groups in total. The zero-order valence-electron chi connectivity index (χ0n) is 13.7. The highest BCUT2D eigenvalue weighted by atomic mass is 32.2. The van der Waals surface area contributed by atoms with Crippen LogP contribution in [0.4, 0.5) is 11.5 Å². The largest absolute Gasteiger partial charge is 0.497 e. The van der Waals surface area contributed by atoms with Crippen molar-refractivity contribution in [1.82, 2.24) is 4.98 Å². The Morgan fingerprint density at radius 2 is 1.88 bits per heavy atom. The molecule has 7 heteroatoms. The number of aromatic nitrogens is 1. The van der Waals surface area contributed by atoms with Crippen molar-refractivity contribution in [3.63, 3.8) is 0 Å². The third-order valence-corrected chi connectivity index (χ3v) is 4.21. The lowest BCUT2D eigenvalue weighted by Crippen LogP contribution is -2.24. The van der Waals surface area contributed by atoms with Crippen LogP contribution < -0.4 is 15.4 Å². The minimum atomic E-state index is -0.328. The first-order valence-electron chi connectivity index (χ1n) is 7.33. The number of hydrogen-bond acceptors (Lipinski definition) is 5. The molecule has 0 bridgehead atoms. The number of carbonyl (C=O) groups excluding carboxylic acids is 2. The van der Waals surface area contributed by atoms with Crippen molar-refractivity contribution in [1.29, 1.82) is 0 Å². The first-order chi connectivity index (χ1) is 11.5. The van der Waals surface area contributed by atoms with Crippen LogP contribution in [0.15, 0.2) is 47.5 Å². The van der Waals surface area contributed by atoms with Crippen molar-refractivity contribution in [2.75, 3.05) is 17.7 Å². The molecular weight excluding hydrogens is 326 g/mol. The van der Waals surface area contributed by atoms with Crippen LogP contribution in [0, 0.1) is 0 Å². The molecule has 0 aliphatic heterocycles. The molecule has 0 saturated heterocycles. The minimum absolute atomic E-state index is 0.193. The van der Waals surface area contributed by atoms with Crippen molar-refractivity contribution >= 4 is 35.1 Å². The van der Waals surface area contributed by atoms with E-state index in [1.807, 2.05) is 31.2 Å². The highest BCUT2D eigenvalue weighted by molar-refractivity contribution is 8.00. The van der Waals surface area contributed by atoms with E-state index in [0.717, 1.165) is 10.6 Å². The summed E-state index contributed by atoms with van der Waals surface area (Å²) < 4.78 is 5.11. The van der Waals surface area contributed by atoms with Gasteiger partial charge in [0.25, 0.3) is 0 Å². The first-order valence-corrected chi connectivity index (χ1v) is 8.21. The molecule has 0 aliphatic rings. The molecule has 2 amide bonds. The number of benzene rings is 1. The molecule has 1 atom stereocenters. The zero-order chi connectivity index (χ0) is 17.5. The van der Waals surface area contributed by atoms with E-state index in [1.54, 1.807) is 25.4 Å². The maximum Gasteiger partial charge on any atom is 0.238 e. The Morgan fingerprint density at radius 1 is 1.17 bits per heavy atom. The van der Waals surface area contributed by atoms with E-state index >= 15 is 0 Å². The van der Waals surface area contributed by atoms with Gasteiger partial charge in [0, 0.05) is 18.0 Å². The van der Waals surface area contributed by atoms with Crippen LogP contribution in [-0.2, 0) is 9.59 Å². The second-order valence-electron chi connectivity index (χ2n) is 5.01. The topological polar surface area (TPSA) is 80.3 Å². The Bertz CT molecular complexity index is 719. The number of rotatable bonds is 6. The van der Waals surface area contributed by atoms with Crippen molar-refractivity contribution in [2.24, 2.45) is 0 Å². The third kappa shape index (κ3) is 4.99. The van der Waals surface area contributed by atoms with Crippen LogP contribution >= 0.6 is 11.8 Å². The van der Waals surface area contributed by atoms with E-state index in [4.69, 9.17) is 4.74 Å². The number of methoxy groups -OCH3 is 1. The first kappa shape index (κ1) is 17.8. The van der Waals surface area contributed by atoms with E-state index in [1.165, 1.54) is 18.7 Å². The zero-order valence-corrected chi connectivity index (χ0v) is 14.5. The molecule has 2 aromatic rings. The van der Waals surface area contributed by atoms with Crippen LogP contribution in [0.25, 0.3) is 0 Å². The molecule has 0 fully saturated rings. The number of amides is 2. The van der Waals surface area contributed by atoms with Crippen LogP contribution in [0.5, 0.6) is 5.75 Å². The molecule has 0 aliphatic carbocycles. The Kier molecular flexibility index (Phi) is 6.20. The summed E-state index contributed by atoms with van der Waals surface area (Å²) in [6.45, 7) is 3.21. The quantitative estimate of drug-likeness (QED) is 0.786. The van der Waals surface area contributed by atoms with Gasteiger partial charge in [0.2, 0.25) is 11.8 Å². The number of carbonyl (C=O) groups is 2. The lowest BCUT2D eigenvalue weighted by atomic mass is 10.3. The molecular formula is C17H19N3O3S. The predicted molar refractivity (Wildman–Crippen MR) is 95.5 cm³/mol. The van der Waals surface area contributed by atoms with Crippen LogP contribution in [0.2, 0.25) is 0 Å². The van der Waals surface area contributed by atoms with Gasteiger partial charge in [0.15, 0.2) is 5.82 Å². The number of thioether (sulfide) groups is 1. The predicted octanol–water partition coefficient (Wildman–Crippen LogP) is 3.17. The minimum Gasteiger partial charge on any atom is -0.497 e. The second kappa shape index (κ2) is 8.35. The van der Waals surface area contributed by atoms with Gasteiger partial charge in [-0.3, -0.25) is 9.59 Å². The van der Waals surface area contributed by atoms with Crippen molar-refractivity contribution < 1.29 is 14.3 Å². The van der Waals surface area contributed by atoms with Gasteiger partial charge in [-0.25, -0.2) is 4.98 Å². The fourth-order valence-electron chi connectivity index (χ4n) is 1.93. The van der Waals surface area contributed by atoms with E-state index in [9.17, 15) is 9.59 Å². The molecule has 1 aromatic carbocycles. The Labute approximate surface area is 145 Å². The van der Waals surface area contributed by atoms with Crippen molar-refractivity contribution in [2.45, 2.75) is 24.0 Å². The summed E-state index contributed by atoms with van der Waals surface area (Å²) in [5.41, 5.74) is 0.472. The monoisotopic (exact) mass is 345 g/mol. The summed E-state index contributed by atoms with van der Waals surface area (Å²) >= 11 is 1.43. The molecule has 0 saturated carbocycles. The average molecular weight is 345 g/mol. The Balaban J connectivity index is 2.02. The van der Waals surface area contributed by atoms with Crippen LogP contribution in [0.1, 0.15) is 13.8 Å².